The van der Waals surface area contributed by atoms with Crippen molar-refractivity contribution in [2.24, 2.45) is 10.4 Å². The summed E-state index contributed by atoms with van der Waals surface area (Å²) in [4.78, 5) is 10.9. The Kier molecular flexibility index (Phi) is 4.42. The summed E-state index contributed by atoms with van der Waals surface area (Å²) in [6.07, 6.45) is 10.2. The first-order valence-electron chi connectivity index (χ1n) is 9.18. The van der Waals surface area contributed by atoms with Gasteiger partial charge in [0.15, 0.2) is 5.96 Å². The van der Waals surface area contributed by atoms with Crippen molar-refractivity contribution >= 4 is 5.96 Å². The average Bonchev–Trinajstić information content (AvgIpc) is 3.40. The maximum atomic E-state index is 4.51. The Balaban J connectivity index is 1.35. The molecule has 2 aliphatic rings. The molecule has 1 aromatic heterocycles. The fourth-order valence-corrected chi connectivity index (χ4v) is 4.27. The van der Waals surface area contributed by atoms with Crippen molar-refractivity contribution in [3.05, 3.63) is 42.5 Å². The summed E-state index contributed by atoms with van der Waals surface area (Å²) in [6, 6.07) is 8.38. The van der Waals surface area contributed by atoms with Crippen LogP contribution < -0.4 is 5.32 Å². The summed E-state index contributed by atoms with van der Waals surface area (Å²) in [5.74, 6) is 1.03. The SMILES string of the molecule is CN=C(NCc1ccc(-n2cncn2)cc1)N1CCC2(CCCC2)C1. The van der Waals surface area contributed by atoms with E-state index < -0.39 is 0 Å². The van der Waals surface area contributed by atoms with Crippen molar-refractivity contribution < 1.29 is 0 Å². The molecule has 1 aliphatic carbocycles. The molecule has 2 aromatic rings. The second kappa shape index (κ2) is 6.86. The first-order chi connectivity index (χ1) is 12.3. The number of aromatic nitrogens is 3. The third-order valence-corrected chi connectivity index (χ3v) is 5.68. The summed E-state index contributed by atoms with van der Waals surface area (Å²) in [6.45, 7) is 3.08. The molecule has 1 saturated heterocycles. The summed E-state index contributed by atoms with van der Waals surface area (Å²) >= 11 is 0. The van der Waals surface area contributed by atoms with Crippen molar-refractivity contribution in [3.8, 4) is 5.69 Å². The number of benzene rings is 1. The Hall–Kier alpha value is -2.37. The highest BCUT2D eigenvalue weighted by Crippen LogP contribution is 2.45. The van der Waals surface area contributed by atoms with Crippen LogP contribution >= 0.6 is 0 Å². The molecule has 0 amide bonds. The zero-order chi connectivity index (χ0) is 17.1. The van der Waals surface area contributed by atoms with Crippen LogP contribution in [0, 0.1) is 5.41 Å². The molecule has 2 fully saturated rings. The second-order valence-corrected chi connectivity index (χ2v) is 7.29. The van der Waals surface area contributed by atoms with Crippen LogP contribution in [-0.4, -0.2) is 45.8 Å². The van der Waals surface area contributed by atoms with E-state index in [9.17, 15) is 0 Å². The van der Waals surface area contributed by atoms with Gasteiger partial charge in [-0.2, -0.15) is 5.10 Å². The Morgan fingerprint density at radius 2 is 2.00 bits per heavy atom. The minimum Gasteiger partial charge on any atom is -0.352 e. The van der Waals surface area contributed by atoms with E-state index >= 15 is 0 Å². The molecule has 1 N–H and O–H groups in total. The third kappa shape index (κ3) is 3.38. The molecule has 0 atom stereocenters. The fourth-order valence-electron chi connectivity index (χ4n) is 4.27. The van der Waals surface area contributed by atoms with Crippen LogP contribution in [-0.2, 0) is 6.54 Å². The predicted octanol–water partition coefficient (Wildman–Crippen LogP) is 2.61. The average molecular weight is 338 g/mol. The standard InChI is InChI=1S/C19H26N6/c1-20-18(24-11-10-19(13-24)8-2-3-9-19)22-12-16-4-6-17(7-5-16)25-15-21-14-23-25/h4-7,14-15H,2-3,8-13H2,1H3,(H,20,22). The number of guanidine groups is 1. The van der Waals surface area contributed by atoms with Gasteiger partial charge in [0.05, 0.1) is 5.69 Å². The number of hydrogen-bond acceptors (Lipinski definition) is 3. The van der Waals surface area contributed by atoms with Crippen LogP contribution in [0.2, 0.25) is 0 Å². The van der Waals surface area contributed by atoms with E-state index in [1.807, 2.05) is 7.05 Å². The van der Waals surface area contributed by atoms with Gasteiger partial charge in [-0.25, -0.2) is 9.67 Å². The van der Waals surface area contributed by atoms with E-state index in [2.05, 4.69) is 49.6 Å². The second-order valence-electron chi connectivity index (χ2n) is 7.29. The van der Waals surface area contributed by atoms with E-state index in [0.29, 0.717) is 5.41 Å². The number of nitrogens with zero attached hydrogens (tertiary/aromatic N) is 5. The van der Waals surface area contributed by atoms with E-state index in [1.165, 1.54) is 37.7 Å². The number of hydrogen-bond donors (Lipinski definition) is 1. The molecular formula is C19H26N6. The van der Waals surface area contributed by atoms with Gasteiger partial charge in [0.1, 0.15) is 12.7 Å². The van der Waals surface area contributed by atoms with Gasteiger partial charge in [-0.05, 0) is 42.4 Å². The maximum absolute atomic E-state index is 4.51. The predicted molar refractivity (Wildman–Crippen MR) is 98.6 cm³/mol. The molecule has 132 valence electrons. The lowest BCUT2D eigenvalue weighted by atomic mass is 9.86. The third-order valence-electron chi connectivity index (χ3n) is 5.68. The van der Waals surface area contributed by atoms with E-state index in [-0.39, 0.29) is 0 Å². The zero-order valence-corrected chi connectivity index (χ0v) is 14.9. The van der Waals surface area contributed by atoms with Gasteiger partial charge < -0.3 is 10.2 Å². The minimum atomic E-state index is 0.567. The molecule has 1 saturated carbocycles. The number of rotatable bonds is 3. The van der Waals surface area contributed by atoms with Crippen molar-refractivity contribution in [2.75, 3.05) is 20.1 Å². The molecule has 2 heterocycles. The van der Waals surface area contributed by atoms with Crippen LogP contribution in [0.25, 0.3) is 5.69 Å². The van der Waals surface area contributed by atoms with Gasteiger partial charge >= 0.3 is 0 Å². The van der Waals surface area contributed by atoms with Gasteiger partial charge in [0, 0.05) is 26.7 Å². The van der Waals surface area contributed by atoms with E-state index in [0.717, 1.165) is 31.3 Å². The Morgan fingerprint density at radius 3 is 2.68 bits per heavy atom. The fraction of sp³-hybridized carbons (Fsp3) is 0.526. The summed E-state index contributed by atoms with van der Waals surface area (Å²) < 4.78 is 1.77. The van der Waals surface area contributed by atoms with Gasteiger partial charge in [-0.15, -0.1) is 0 Å². The molecule has 1 aliphatic heterocycles. The molecule has 25 heavy (non-hydrogen) atoms. The maximum Gasteiger partial charge on any atom is 0.193 e. The molecule has 6 heteroatoms. The van der Waals surface area contributed by atoms with Gasteiger partial charge in [0.2, 0.25) is 0 Å². The quantitative estimate of drug-likeness (QED) is 0.690. The molecule has 4 rings (SSSR count). The number of aliphatic imine (C=N–C) groups is 1. The first-order valence-corrected chi connectivity index (χ1v) is 9.18. The van der Waals surface area contributed by atoms with E-state index in [4.69, 9.17) is 0 Å². The van der Waals surface area contributed by atoms with Gasteiger partial charge in [-0.3, -0.25) is 4.99 Å². The lowest BCUT2D eigenvalue weighted by Gasteiger charge is -2.26. The van der Waals surface area contributed by atoms with Crippen LogP contribution in [0.4, 0.5) is 0 Å². The largest absolute Gasteiger partial charge is 0.352 e. The highest BCUT2D eigenvalue weighted by atomic mass is 15.3. The molecule has 1 aromatic carbocycles. The van der Waals surface area contributed by atoms with Crippen molar-refractivity contribution in [3.63, 3.8) is 0 Å². The number of nitrogens with one attached hydrogen (secondary N) is 1. The Bertz CT molecular complexity index is 713. The summed E-state index contributed by atoms with van der Waals surface area (Å²) in [7, 11) is 1.88. The highest BCUT2D eigenvalue weighted by molar-refractivity contribution is 5.80. The van der Waals surface area contributed by atoms with Crippen LogP contribution in [0.15, 0.2) is 41.9 Å². The highest BCUT2D eigenvalue weighted by Gasteiger charge is 2.40. The molecule has 1 spiro atoms. The summed E-state index contributed by atoms with van der Waals surface area (Å²) in [5, 5.41) is 7.68. The Labute approximate surface area is 149 Å². The normalized spacial score (nSPS) is 19.7. The lowest BCUT2D eigenvalue weighted by molar-refractivity contribution is 0.309. The number of likely N-dealkylation sites (tertiary alicyclic amines) is 1. The van der Waals surface area contributed by atoms with Crippen molar-refractivity contribution in [1.82, 2.24) is 25.0 Å². The molecule has 0 bridgehead atoms. The molecule has 6 nitrogen and oxygen atoms in total. The monoisotopic (exact) mass is 338 g/mol. The minimum absolute atomic E-state index is 0.567. The van der Waals surface area contributed by atoms with Gasteiger partial charge in [0.25, 0.3) is 0 Å². The zero-order valence-electron chi connectivity index (χ0n) is 14.9. The van der Waals surface area contributed by atoms with Crippen LogP contribution in [0.5, 0.6) is 0 Å². The van der Waals surface area contributed by atoms with Crippen LogP contribution in [0.1, 0.15) is 37.7 Å². The van der Waals surface area contributed by atoms with Crippen molar-refractivity contribution in [2.45, 2.75) is 38.6 Å². The van der Waals surface area contributed by atoms with E-state index in [1.54, 1.807) is 17.3 Å². The lowest BCUT2D eigenvalue weighted by Crippen LogP contribution is -2.40. The van der Waals surface area contributed by atoms with Gasteiger partial charge in [-0.1, -0.05) is 25.0 Å². The Morgan fingerprint density at radius 1 is 1.20 bits per heavy atom. The molecular weight excluding hydrogens is 312 g/mol. The molecule has 0 unspecified atom stereocenters. The topological polar surface area (TPSA) is 58.3 Å². The first kappa shape index (κ1) is 16.1. The van der Waals surface area contributed by atoms with Crippen molar-refractivity contribution in [1.29, 1.82) is 0 Å². The molecule has 0 radical (unpaired) electrons. The summed E-state index contributed by atoms with van der Waals surface area (Å²) in [5.41, 5.74) is 2.82. The van der Waals surface area contributed by atoms with Crippen LogP contribution in [0.3, 0.4) is 0 Å². The smallest absolute Gasteiger partial charge is 0.193 e.